The normalized spacial score (nSPS) is 13.8. The number of amides is 3. The predicted molar refractivity (Wildman–Crippen MR) is 144 cm³/mol. The highest BCUT2D eigenvalue weighted by atomic mass is 16.6. The minimum absolute atomic E-state index is 0.0213. The maximum absolute atomic E-state index is 13.5. The van der Waals surface area contributed by atoms with E-state index in [-0.39, 0.29) is 51.3 Å². The zero-order valence-electron chi connectivity index (χ0n) is 22.0. The number of rotatable bonds is 9. The molecule has 3 aromatic rings. The quantitative estimate of drug-likeness (QED) is 0.412. The van der Waals surface area contributed by atoms with Gasteiger partial charge in [0.2, 0.25) is 5.91 Å². The number of carbonyl (C=O) groups excluding carboxylic acids is 3. The van der Waals surface area contributed by atoms with Gasteiger partial charge in [-0.05, 0) is 31.5 Å². The summed E-state index contributed by atoms with van der Waals surface area (Å²) < 4.78 is 5.02. The summed E-state index contributed by atoms with van der Waals surface area (Å²) in [5.41, 5.74) is 1.86. The zero-order valence-corrected chi connectivity index (χ0v) is 22.0. The van der Waals surface area contributed by atoms with Gasteiger partial charge in [0, 0.05) is 56.1 Å². The molecule has 40 heavy (non-hydrogen) atoms. The van der Waals surface area contributed by atoms with Crippen LogP contribution < -0.4 is 5.32 Å². The number of nitrogens with zero attached hydrogens (tertiary/aromatic N) is 5. The number of aliphatic carboxylic acids is 1. The highest BCUT2D eigenvalue weighted by Gasteiger charge is 2.31. The number of hydrogen-bond donors (Lipinski definition) is 2. The molecule has 208 valence electrons. The second-order valence-electron chi connectivity index (χ2n) is 9.04. The van der Waals surface area contributed by atoms with Crippen LogP contribution in [0, 0.1) is 0 Å². The summed E-state index contributed by atoms with van der Waals surface area (Å²) in [5, 5.41) is 11.9. The van der Waals surface area contributed by atoms with E-state index in [0.717, 1.165) is 0 Å². The van der Waals surface area contributed by atoms with E-state index in [1.54, 1.807) is 31.5 Å². The fourth-order valence-electron chi connectivity index (χ4n) is 4.24. The van der Waals surface area contributed by atoms with Gasteiger partial charge in [0.25, 0.3) is 5.91 Å². The monoisotopic (exact) mass is 546 g/mol. The summed E-state index contributed by atoms with van der Waals surface area (Å²) in [6.07, 6.45) is 2.37. The molecule has 1 unspecified atom stereocenters. The van der Waals surface area contributed by atoms with Gasteiger partial charge in [-0.25, -0.2) is 14.8 Å². The van der Waals surface area contributed by atoms with Crippen molar-refractivity contribution in [2.75, 3.05) is 32.8 Å². The van der Waals surface area contributed by atoms with E-state index in [0.29, 0.717) is 22.6 Å². The summed E-state index contributed by atoms with van der Waals surface area (Å²) in [6, 6.07) is 13.1. The Kier molecular flexibility index (Phi) is 9.34. The van der Waals surface area contributed by atoms with Gasteiger partial charge in [-0.15, -0.1) is 0 Å². The van der Waals surface area contributed by atoms with Crippen LogP contribution in [-0.2, 0) is 14.3 Å². The molecule has 0 spiro atoms. The lowest BCUT2D eigenvalue weighted by Gasteiger charge is -2.35. The smallest absolute Gasteiger partial charge is 0.409 e. The zero-order chi connectivity index (χ0) is 28.5. The van der Waals surface area contributed by atoms with Crippen molar-refractivity contribution in [2.24, 2.45) is 0 Å². The summed E-state index contributed by atoms with van der Waals surface area (Å²) in [7, 11) is 0. The Morgan fingerprint density at radius 2 is 1.68 bits per heavy atom. The summed E-state index contributed by atoms with van der Waals surface area (Å²) in [6.45, 7) is 2.96. The third-order valence-electron chi connectivity index (χ3n) is 6.32. The molecule has 2 aromatic heterocycles. The van der Waals surface area contributed by atoms with Crippen molar-refractivity contribution < 1.29 is 29.0 Å². The number of carbonyl (C=O) groups is 4. The molecular weight excluding hydrogens is 516 g/mol. The molecule has 3 amide bonds. The first-order chi connectivity index (χ1) is 19.4. The van der Waals surface area contributed by atoms with Crippen LogP contribution in [0.15, 0.2) is 60.9 Å². The third-order valence-corrected chi connectivity index (χ3v) is 6.32. The number of piperazine rings is 1. The van der Waals surface area contributed by atoms with Crippen LogP contribution in [0.5, 0.6) is 0 Å². The van der Waals surface area contributed by atoms with Crippen molar-refractivity contribution in [3.8, 4) is 22.6 Å². The molecule has 3 heterocycles. The molecule has 1 aromatic carbocycles. The van der Waals surface area contributed by atoms with Crippen LogP contribution in [0.25, 0.3) is 22.6 Å². The number of hydrogen-bond acceptors (Lipinski definition) is 8. The molecule has 12 nitrogen and oxygen atoms in total. The first-order valence-electron chi connectivity index (χ1n) is 12.9. The Morgan fingerprint density at radius 1 is 0.975 bits per heavy atom. The number of pyridine rings is 1. The Balaban J connectivity index is 1.57. The minimum Gasteiger partial charge on any atom is -0.481 e. The largest absolute Gasteiger partial charge is 0.481 e. The van der Waals surface area contributed by atoms with Crippen LogP contribution in [0.2, 0.25) is 0 Å². The van der Waals surface area contributed by atoms with Crippen molar-refractivity contribution in [1.29, 1.82) is 0 Å². The van der Waals surface area contributed by atoms with E-state index in [9.17, 15) is 24.3 Å². The highest BCUT2D eigenvalue weighted by Crippen LogP contribution is 2.22. The van der Waals surface area contributed by atoms with Crippen molar-refractivity contribution in [1.82, 2.24) is 30.1 Å². The van der Waals surface area contributed by atoms with E-state index < -0.39 is 29.9 Å². The molecule has 0 aliphatic carbocycles. The number of aromatic nitrogens is 3. The number of benzene rings is 1. The van der Waals surface area contributed by atoms with Crippen molar-refractivity contribution in [3.63, 3.8) is 0 Å². The molecule has 4 rings (SSSR count). The Bertz CT molecular complexity index is 1290. The van der Waals surface area contributed by atoms with Gasteiger partial charge in [0.05, 0.1) is 12.3 Å². The van der Waals surface area contributed by atoms with Crippen LogP contribution >= 0.6 is 0 Å². The second kappa shape index (κ2) is 13.3. The lowest BCUT2D eigenvalue weighted by atomic mass is 10.1. The maximum Gasteiger partial charge on any atom is 0.409 e. The number of carboxylic acids is 1. The SMILES string of the molecule is CCOC(=O)N1CCN(C(=O)C(CCC(=O)O)NC(=O)c2cc(-c3cccnc3)nc(-c3ccccc3)n2)CC1. The second-order valence-corrected chi connectivity index (χ2v) is 9.04. The van der Waals surface area contributed by atoms with Crippen molar-refractivity contribution >= 4 is 23.9 Å². The maximum atomic E-state index is 13.5. The number of carboxylic acid groups (broad SMARTS) is 1. The van der Waals surface area contributed by atoms with Crippen LogP contribution in [0.4, 0.5) is 4.79 Å². The van der Waals surface area contributed by atoms with Gasteiger partial charge in [0.1, 0.15) is 11.7 Å². The Morgan fingerprint density at radius 3 is 2.33 bits per heavy atom. The van der Waals surface area contributed by atoms with Gasteiger partial charge in [-0.2, -0.15) is 0 Å². The minimum atomic E-state index is -1.10. The van der Waals surface area contributed by atoms with Crippen LogP contribution in [0.3, 0.4) is 0 Å². The standard InChI is InChI=1S/C28H30N6O6/c1-2-40-28(39)34-15-13-33(14-16-34)27(38)21(10-11-24(35)36)32-26(37)23-17-22(20-9-6-12-29-18-20)30-25(31-23)19-7-4-3-5-8-19/h3-9,12,17-18,21H,2,10-11,13-16H2,1H3,(H,32,37)(H,35,36). The first kappa shape index (κ1) is 28.1. The first-order valence-corrected chi connectivity index (χ1v) is 12.9. The molecule has 12 heteroatoms. The highest BCUT2D eigenvalue weighted by molar-refractivity contribution is 5.97. The Hall–Kier alpha value is -4.87. The number of nitrogens with one attached hydrogen (secondary N) is 1. The lowest BCUT2D eigenvalue weighted by molar-refractivity contribution is -0.138. The molecule has 0 radical (unpaired) electrons. The molecule has 0 bridgehead atoms. The lowest BCUT2D eigenvalue weighted by Crippen LogP contribution is -2.56. The average molecular weight is 547 g/mol. The van der Waals surface area contributed by atoms with Gasteiger partial charge < -0.3 is 25.0 Å². The van der Waals surface area contributed by atoms with Crippen LogP contribution in [-0.4, -0.2) is 92.6 Å². The molecule has 0 saturated carbocycles. The number of ether oxygens (including phenoxy) is 1. The third kappa shape index (κ3) is 7.16. The van der Waals surface area contributed by atoms with Gasteiger partial charge in [0.15, 0.2) is 5.82 Å². The Labute approximate surface area is 231 Å². The molecule has 1 atom stereocenters. The van der Waals surface area contributed by atoms with Crippen molar-refractivity contribution in [3.05, 3.63) is 66.6 Å². The molecule has 1 saturated heterocycles. The van der Waals surface area contributed by atoms with E-state index in [2.05, 4.69) is 20.3 Å². The molecule has 2 N–H and O–H groups in total. The van der Waals surface area contributed by atoms with E-state index >= 15 is 0 Å². The van der Waals surface area contributed by atoms with E-state index in [1.807, 2.05) is 30.3 Å². The summed E-state index contributed by atoms with van der Waals surface area (Å²) in [5.74, 6) is -1.84. The van der Waals surface area contributed by atoms with E-state index in [1.165, 1.54) is 15.9 Å². The van der Waals surface area contributed by atoms with Gasteiger partial charge in [-0.3, -0.25) is 19.4 Å². The fourth-order valence-corrected chi connectivity index (χ4v) is 4.24. The van der Waals surface area contributed by atoms with Crippen molar-refractivity contribution in [2.45, 2.75) is 25.8 Å². The summed E-state index contributed by atoms with van der Waals surface area (Å²) >= 11 is 0. The molecule has 1 aliphatic heterocycles. The van der Waals surface area contributed by atoms with Crippen LogP contribution in [0.1, 0.15) is 30.3 Å². The predicted octanol–water partition coefficient (Wildman–Crippen LogP) is 2.47. The van der Waals surface area contributed by atoms with Gasteiger partial charge in [-0.1, -0.05) is 30.3 Å². The average Bonchev–Trinajstić information content (AvgIpc) is 2.99. The topological polar surface area (TPSA) is 155 Å². The summed E-state index contributed by atoms with van der Waals surface area (Å²) in [4.78, 5) is 66.4. The molecular formula is C28H30N6O6. The molecule has 1 fully saturated rings. The van der Waals surface area contributed by atoms with Gasteiger partial charge >= 0.3 is 12.1 Å². The fraction of sp³-hybridized carbons (Fsp3) is 0.321. The molecule has 1 aliphatic rings. The van der Waals surface area contributed by atoms with E-state index in [4.69, 9.17) is 4.74 Å².